The predicted molar refractivity (Wildman–Crippen MR) is 113 cm³/mol. The van der Waals surface area contributed by atoms with Crippen LogP contribution in [0.5, 0.6) is 11.5 Å². The van der Waals surface area contributed by atoms with Gasteiger partial charge in [0.25, 0.3) is 5.91 Å². The number of carbonyl (C=O) groups is 2. The molecular formula is C22H24ClNO5. The van der Waals surface area contributed by atoms with Crippen LogP contribution in [0.1, 0.15) is 26.3 Å². The van der Waals surface area contributed by atoms with Crippen molar-refractivity contribution in [3.05, 3.63) is 59.1 Å². The van der Waals surface area contributed by atoms with Gasteiger partial charge in [0.2, 0.25) is 0 Å². The molecule has 0 aliphatic rings. The first kappa shape index (κ1) is 22.3. The minimum Gasteiger partial charge on any atom is -0.493 e. The lowest BCUT2D eigenvalue weighted by Gasteiger charge is -2.15. The Bertz CT molecular complexity index is 880. The maximum atomic E-state index is 12.1. The maximum Gasteiger partial charge on any atom is 0.331 e. The molecule has 2 aromatic carbocycles. The number of rotatable bonds is 8. The first-order chi connectivity index (χ1) is 13.8. The molecule has 0 unspecified atom stereocenters. The van der Waals surface area contributed by atoms with Crippen molar-refractivity contribution in [2.45, 2.75) is 33.0 Å². The summed E-state index contributed by atoms with van der Waals surface area (Å²) in [5.41, 5.74) is 1.25. The third kappa shape index (κ3) is 6.84. The predicted octanol–water partition coefficient (Wildman–Crippen LogP) is 4.72. The molecule has 1 atom stereocenters. The third-order valence-electron chi connectivity index (χ3n) is 3.72. The lowest BCUT2D eigenvalue weighted by atomic mass is 10.2. The van der Waals surface area contributed by atoms with E-state index in [2.05, 4.69) is 5.32 Å². The van der Waals surface area contributed by atoms with Crippen LogP contribution >= 0.6 is 11.6 Å². The zero-order chi connectivity index (χ0) is 21.4. The summed E-state index contributed by atoms with van der Waals surface area (Å²) in [6.07, 6.45) is 1.73. The summed E-state index contributed by atoms with van der Waals surface area (Å²) in [5.74, 6) is -0.180. The molecule has 0 aromatic heterocycles. The van der Waals surface area contributed by atoms with Crippen LogP contribution in [-0.4, -0.2) is 31.2 Å². The van der Waals surface area contributed by atoms with Crippen molar-refractivity contribution in [3.63, 3.8) is 0 Å². The topological polar surface area (TPSA) is 73.9 Å². The fraction of sp³-hybridized carbons (Fsp3) is 0.273. The molecule has 0 aliphatic heterocycles. The van der Waals surface area contributed by atoms with Gasteiger partial charge in [-0.15, -0.1) is 0 Å². The standard InChI is InChI=1S/C22H24ClNO5/c1-14(2)28-21-18(23)12-16(13-19(21)27-4)10-11-20(25)29-15(3)22(26)24-17-8-6-5-7-9-17/h5-15H,1-4H3,(H,24,26)/b11-10+/t15-/m0/s1. The average molecular weight is 418 g/mol. The molecule has 1 N–H and O–H groups in total. The summed E-state index contributed by atoms with van der Waals surface area (Å²) in [4.78, 5) is 24.2. The number of anilines is 1. The minimum atomic E-state index is -0.952. The van der Waals surface area contributed by atoms with Gasteiger partial charge in [-0.2, -0.15) is 0 Å². The number of benzene rings is 2. The summed E-state index contributed by atoms with van der Waals surface area (Å²) in [6.45, 7) is 5.27. The first-order valence-corrected chi connectivity index (χ1v) is 9.46. The van der Waals surface area contributed by atoms with Crippen molar-refractivity contribution in [2.75, 3.05) is 12.4 Å². The van der Waals surface area contributed by atoms with Gasteiger partial charge < -0.3 is 19.5 Å². The quantitative estimate of drug-likeness (QED) is 0.497. The Labute approximate surface area is 175 Å². The number of halogens is 1. The molecule has 0 aliphatic carbocycles. The second kappa shape index (κ2) is 10.5. The van der Waals surface area contributed by atoms with Gasteiger partial charge in [-0.3, -0.25) is 4.79 Å². The molecule has 0 bridgehead atoms. The Kier molecular flexibility index (Phi) is 8.09. The number of methoxy groups -OCH3 is 1. The van der Waals surface area contributed by atoms with Gasteiger partial charge in [-0.25, -0.2) is 4.79 Å². The van der Waals surface area contributed by atoms with Gasteiger partial charge in [0.1, 0.15) is 0 Å². The smallest absolute Gasteiger partial charge is 0.331 e. The summed E-state index contributed by atoms with van der Waals surface area (Å²) >= 11 is 6.27. The fourth-order valence-corrected chi connectivity index (χ4v) is 2.65. The van der Waals surface area contributed by atoms with Crippen LogP contribution in [0.2, 0.25) is 5.02 Å². The Morgan fingerprint density at radius 2 is 1.79 bits per heavy atom. The lowest BCUT2D eigenvalue weighted by molar-refractivity contribution is -0.148. The fourth-order valence-electron chi connectivity index (χ4n) is 2.38. The number of ether oxygens (including phenoxy) is 3. The van der Waals surface area contributed by atoms with Gasteiger partial charge in [0.15, 0.2) is 17.6 Å². The van der Waals surface area contributed by atoms with E-state index in [1.807, 2.05) is 19.9 Å². The molecule has 29 heavy (non-hydrogen) atoms. The highest BCUT2D eigenvalue weighted by molar-refractivity contribution is 6.32. The first-order valence-electron chi connectivity index (χ1n) is 9.09. The molecule has 0 heterocycles. The molecule has 2 rings (SSSR count). The van der Waals surface area contributed by atoms with Crippen molar-refractivity contribution in [1.82, 2.24) is 0 Å². The minimum absolute atomic E-state index is 0.0683. The molecule has 0 saturated heterocycles. The number of esters is 1. The van der Waals surface area contributed by atoms with Crippen LogP contribution < -0.4 is 14.8 Å². The highest BCUT2D eigenvalue weighted by atomic mass is 35.5. The van der Waals surface area contributed by atoms with Crippen LogP contribution in [0.3, 0.4) is 0 Å². The average Bonchev–Trinajstić information content (AvgIpc) is 2.68. The second-order valence-electron chi connectivity index (χ2n) is 6.47. The monoisotopic (exact) mass is 417 g/mol. The molecular weight excluding hydrogens is 394 g/mol. The molecule has 0 spiro atoms. The van der Waals surface area contributed by atoms with Gasteiger partial charge in [-0.05, 0) is 56.7 Å². The van der Waals surface area contributed by atoms with E-state index in [4.69, 9.17) is 25.8 Å². The van der Waals surface area contributed by atoms with E-state index < -0.39 is 18.0 Å². The Balaban J connectivity index is 2.01. The van der Waals surface area contributed by atoms with E-state index in [1.54, 1.807) is 36.4 Å². The van der Waals surface area contributed by atoms with Crippen molar-refractivity contribution in [3.8, 4) is 11.5 Å². The van der Waals surface area contributed by atoms with Gasteiger partial charge in [0, 0.05) is 11.8 Å². The van der Waals surface area contributed by atoms with Gasteiger partial charge >= 0.3 is 5.97 Å². The van der Waals surface area contributed by atoms with E-state index in [9.17, 15) is 9.59 Å². The number of carbonyl (C=O) groups excluding carboxylic acids is 2. The molecule has 0 radical (unpaired) electrons. The summed E-state index contributed by atoms with van der Waals surface area (Å²) in [7, 11) is 1.51. The van der Waals surface area contributed by atoms with E-state index in [0.717, 1.165) is 0 Å². The van der Waals surface area contributed by atoms with Gasteiger partial charge in [-0.1, -0.05) is 29.8 Å². The normalized spacial score (nSPS) is 11.9. The Morgan fingerprint density at radius 3 is 2.41 bits per heavy atom. The summed E-state index contributed by atoms with van der Waals surface area (Å²) < 4.78 is 16.1. The highest BCUT2D eigenvalue weighted by Gasteiger charge is 2.17. The van der Waals surface area contributed by atoms with Crippen molar-refractivity contribution >= 4 is 35.2 Å². The second-order valence-corrected chi connectivity index (χ2v) is 6.88. The van der Waals surface area contributed by atoms with Crippen molar-refractivity contribution in [2.24, 2.45) is 0 Å². The summed E-state index contributed by atoms with van der Waals surface area (Å²) in [5, 5.41) is 3.04. The number of hydrogen-bond donors (Lipinski definition) is 1. The van der Waals surface area contributed by atoms with E-state index in [-0.39, 0.29) is 6.10 Å². The number of amides is 1. The molecule has 0 fully saturated rings. The van der Waals surface area contributed by atoms with Gasteiger partial charge in [0.05, 0.1) is 18.2 Å². The molecule has 1 amide bonds. The Hall–Kier alpha value is -2.99. The highest BCUT2D eigenvalue weighted by Crippen LogP contribution is 2.37. The van der Waals surface area contributed by atoms with Crippen LogP contribution in [0, 0.1) is 0 Å². The van der Waals surface area contributed by atoms with Crippen molar-refractivity contribution < 1.29 is 23.8 Å². The zero-order valence-electron chi connectivity index (χ0n) is 16.8. The third-order valence-corrected chi connectivity index (χ3v) is 4.00. The molecule has 2 aromatic rings. The van der Waals surface area contributed by atoms with Crippen LogP contribution in [-0.2, 0) is 14.3 Å². The maximum absolute atomic E-state index is 12.1. The summed E-state index contributed by atoms with van der Waals surface area (Å²) in [6, 6.07) is 12.3. The van der Waals surface area contributed by atoms with E-state index in [0.29, 0.717) is 27.8 Å². The van der Waals surface area contributed by atoms with Crippen LogP contribution in [0.4, 0.5) is 5.69 Å². The molecule has 154 valence electrons. The van der Waals surface area contributed by atoms with E-state index >= 15 is 0 Å². The number of para-hydroxylation sites is 1. The lowest BCUT2D eigenvalue weighted by Crippen LogP contribution is -2.29. The largest absolute Gasteiger partial charge is 0.493 e. The van der Waals surface area contributed by atoms with E-state index in [1.165, 1.54) is 26.2 Å². The van der Waals surface area contributed by atoms with Crippen LogP contribution in [0.25, 0.3) is 6.08 Å². The zero-order valence-corrected chi connectivity index (χ0v) is 17.5. The molecule has 0 saturated carbocycles. The number of nitrogens with one attached hydrogen (secondary N) is 1. The van der Waals surface area contributed by atoms with Crippen molar-refractivity contribution in [1.29, 1.82) is 0 Å². The molecule has 7 heteroatoms. The molecule has 6 nitrogen and oxygen atoms in total. The SMILES string of the molecule is COc1cc(/C=C/C(=O)O[C@@H](C)C(=O)Nc2ccccc2)cc(Cl)c1OC(C)C. The van der Waals surface area contributed by atoms with Crippen LogP contribution in [0.15, 0.2) is 48.5 Å². The number of hydrogen-bond acceptors (Lipinski definition) is 5. The Morgan fingerprint density at radius 1 is 1.10 bits per heavy atom.